The van der Waals surface area contributed by atoms with Crippen LogP contribution in [-0.2, 0) is 6.54 Å². The van der Waals surface area contributed by atoms with Crippen molar-refractivity contribution < 1.29 is 4.79 Å². The predicted molar refractivity (Wildman–Crippen MR) is 59.8 cm³/mol. The molecule has 0 radical (unpaired) electrons. The third kappa shape index (κ3) is 2.12. The van der Waals surface area contributed by atoms with Crippen LogP contribution in [0.5, 0.6) is 0 Å². The third-order valence-electron chi connectivity index (χ3n) is 2.21. The van der Waals surface area contributed by atoms with Gasteiger partial charge in [0.05, 0.1) is 5.69 Å². The van der Waals surface area contributed by atoms with Gasteiger partial charge in [-0.2, -0.15) is 0 Å². The number of aromatic nitrogens is 2. The first kappa shape index (κ1) is 10.4. The maximum absolute atomic E-state index is 12.0. The van der Waals surface area contributed by atoms with E-state index in [1.807, 2.05) is 0 Å². The van der Waals surface area contributed by atoms with Crippen molar-refractivity contribution in [2.75, 3.05) is 0 Å². The molecule has 0 unspecified atom stereocenters. The summed E-state index contributed by atoms with van der Waals surface area (Å²) >= 11 is 0. The van der Waals surface area contributed by atoms with Crippen LogP contribution in [-0.4, -0.2) is 15.8 Å². The van der Waals surface area contributed by atoms with E-state index in [2.05, 4.69) is 9.97 Å². The number of carbonyl (C=O) groups excluding carboxylic acids is 1. The summed E-state index contributed by atoms with van der Waals surface area (Å²) in [6.45, 7) is 0.328. The first-order valence-electron chi connectivity index (χ1n) is 4.91. The Morgan fingerprint density at radius 3 is 2.81 bits per heavy atom. The highest BCUT2D eigenvalue weighted by Crippen LogP contribution is 2.08. The van der Waals surface area contributed by atoms with E-state index in [0.717, 1.165) is 0 Å². The van der Waals surface area contributed by atoms with Gasteiger partial charge in [0.15, 0.2) is 5.78 Å². The molecule has 0 saturated heterocycles. The molecule has 0 atom stereocenters. The quantitative estimate of drug-likeness (QED) is 0.777. The SMILES string of the molecule is NCc1cc(C(=O)c2cccnc2)ccn1. The highest BCUT2D eigenvalue weighted by atomic mass is 16.1. The molecular formula is C12H11N3O. The number of rotatable bonds is 3. The monoisotopic (exact) mass is 213 g/mol. The number of nitrogens with two attached hydrogens (primary N) is 1. The van der Waals surface area contributed by atoms with E-state index in [1.165, 1.54) is 0 Å². The van der Waals surface area contributed by atoms with Crippen molar-refractivity contribution in [3.8, 4) is 0 Å². The summed E-state index contributed by atoms with van der Waals surface area (Å²) in [5, 5.41) is 0. The average molecular weight is 213 g/mol. The zero-order valence-electron chi connectivity index (χ0n) is 8.63. The first-order valence-corrected chi connectivity index (χ1v) is 4.91. The molecule has 0 aliphatic heterocycles. The molecule has 2 aromatic heterocycles. The van der Waals surface area contributed by atoms with E-state index in [4.69, 9.17) is 5.73 Å². The standard InChI is InChI=1S/C12H11N3O/c13-7-11-6-9(3-5-15-11)12(16)10-2-1-4-14-8-10/h1-6,8H,7,13H2. The van der Waals surface area contributed by atoms with E-state index in [-0.39, 0.29) is 5.78 Å². The zero-order chi connectivity index (χ0) is 11.4. The van der Waals surface area contributed by atoms with Crippen LogP contribution in [0.25, 0.3) is 0 Å². The minimum absolute atomic E-state index is 0.0646. The summed E-state index contributed by atoms with van der Waals surface area (Å²) in [5.74, 6) is -0.0646. The normalized spacial score (nSPS) is 10.1. The van der Waals surface area contributed by atoms with Crippen LogP contribution in [0.1, 0.15) is 21.6 Å². The Morgan fingerprint density at radius 1 is 1.25 bits per heavy atom. The van der Waals surface area contributed by atoms with Crippen molar-refractivity contribution in [2.45, 2.75) is 6.54 Å². The van der Waals surface area contributed by atoms with Crippen molar-refractivity contribution >= 4 is 5.78 Å². The molecule has 0 aliphatic carbocycles. The molecule has 0 aliphatic rings. The molecule has 0 spiro atoms. The molecule has 16 heavy (non-hydrogen) atoms. The summed E-state index contributed by atoms with van der Waals surface area (Å²) in [4.78, 5) is 20.0. The minimum atomic E-state index is -0.0646. The van der Waals surface area contributed by atoms with Gasteiger partial charge in [-0.15, -0.1) is 0 Å². The third-order valence-corrected chi connectivity index (χ3v) is 2.21. The topological polar surface area (TPSA) is 68.9 Å². The number of hydrogen-bond donors (Lipinski definition) is 1. The van der Waals surface area contributed by atoms with Crippen molar-refractivity contribution in [3.05, 3.63) is 59.7 Å². The lowest BCUT2D eigenvalue weighted by atomic mass is 10.1. The molecule has 80 valence electrons. The molecule has 4 heteroatoms. The highest BCUT2D eigenvalue weighted by molar-refractivity contribution is 6.08. The van der Waals surface area contributed by atoms with E-state index in [1.54, 1.807) is 42.9 Å². The van der Waals surface area contributed by atoms with Crippen LogP contribution in [0.2, 0.25) is 0 Å². The van der Waals surface area contributed by atoms with Gasteiger partial charge in [0.2, 0.25) is 0 Å². The Labute approximate surface area is 93.2 Å². The molecule has 2 N–H and O–H groups in total. The van der Waals surface area contributed by atoms with E-state index >= 15 is 0 Å². The summed E-state index contributed by atoms with van der Waals surface area (Å²) in [5.41, 5.74) is 7.33. The predicted octanol–water partition coefficient (Wildman–Crippen LogP) is 1.17. The lowest BCUT2D eigenvalue weighted by Gasteiger charge is -2.02. The van der Waals surface area contributed by atoms with Crippen LogP contribution < -0.4 is 5.73 Å². The number of hydrogen-bond acceptors (Lipinski definition) is 4. The van der Waals surface area contributed by atoms with Gasteiger partial charge in [0.1, 0.15) is 0 Å². The van der Waals surface area contributed by atoms with Crippen LogP contribution >= 0.6 is 0 Å². The Kier molecular flexibility index (Phi) is 3.03. The lowest BCUT2D eigenvalue weighted by molar-refractivity contribution is 0.103. The molecule has 0 aromatic carbocycles. The lowest BCUT2D eigenvalue weighted by Crippen LogP contribution is -2.05. The largest absolute Gasteiger partial charge is 0.325 e. The van der Waals surface area contributed by atoms with Crippen LogP contribution in [0, 0.1) is 0 Å². The van der Waals surface area contributed by atoms with Crippen LogP contribution in [0.4, 0.5) is 0 Å². The minimum Gasteiger partial charge on any atom is -0.325 e. The zero-order valence-corrected chi connectivity index (χ0v) is 8.63. The maximum Gasteiger partial charge on any atom is 0.194 e. The van der Waals surface area contributed by atoms with Crippen molar-refractivity contribution in [3.63, 3.8) is 0 Å². The fourth-order valence-corrected chi connectivity index (χ4v) is 1.39. The molecule has 2 aromatic rings. The Balaban J connectivity index is 2.34. The van der Waals surface area contributed by atoms with E-state index < -0.39 is 0 Å². The molecule has 0 saturated carbocycles. The number of carbonyl (C=O) groups is 1. The molecule has 2 heterocycles. The van der Waals surface area contributed by atoms with Gasteiger partial charge in [-0.3, -0.25) is 14.8 Å². The van der Waals surface area contributed by atoms with Gasteiger partial charge >= 0.3 is 0 Å². The van der Waals surface area contributed by atoms with Gasteiger partial charge in [-0.1, -0.05) is 0 Å². The molecular weight excluding hydrogens is 202 g/mol. The number of pyridine rings is 2. The van der Waals surface area contributed by atoms with Crippen molar-refractivity contribution in [2.24, 2.45) is 5.73 Å². The summed E-state index contributed by atoms with van der Waals surface area (Å²) in [7, 11) is 0. The smallest absolute Gasteiger partial charge is 0.194 e. The summed E-state index contributed by atoms with van der Waals surface area (Å²) in [6, 6.07) is 6.85. The van der Waals surface area contributed by atoms with E-state index in [0.29, 0.717) is 23.4 Å². The second-order valence-corrected chi connectivity index (χ2v) is 3.31. The molecule has 0 bridgehead atoms. The second kappa shape index (κ2) is 4.63. The number of ketones is 1. The molecule has 0 fully saturated rings. The first-order chi connectivity index (χ1) is 7.81. The molecule has 2 rings (SSSR count). The molecule has 0 amide bonds. The fourth-order valence-electron chi connectivity index (χ4n) is 1.39. The van der Waals surface area contributed by atoms with Gasteiger partial charge < -0.3 is 5.73 Å². The molecule has 4 nitrogen and oxygen atoms in total. The Morgan fingerprint density at radius 2 is 2.12 bits per heavy atom. The Hall–Kier alpha value is -2.07. The van der Waals surface area contributed by atoms with Crippen molar-refractivity contribution in [1.29, 1.82) is 0 Å². The van der Waals surface area contributed by atoms with Gasteiger partial charge in [0.25, 0.3) is 0 Å². The highest BCUT2D eigenvalue weighted by Gasteiger charge is 2.09. The van der Waals surface area contributed by atoms with Gasteiger partial charge in [0, 0.05) is 36.3 Å². The van der Waals surface area contributed by atoms with Gasteiger partial charge in [-0.05, 0) is 24.3 Å². The average Bonchev–Trinajstić information content (AvgIpc) is 2.39. The Bertz CT molecular complexity index is 497. The summed E-state index contributed by atoms with van der Waals surface area (Å²) in [6.07, 6.45) is 4.77. The maximum atomic E-state index is 12.0. The number of nitrogens with zero attached hydrogens (tertiary/aromatic N) is 2. The fraction of sp³-hybridized carbons (Fsp3) is 0.0833. The summed E-state index contributed by atoms with van der Waals surface area (Å²) < 4.78 is 0. The van der Waals surface area contributed by atoms with Crippen LogP contribution in [0.3, 0.4) is 0 Å². The second-order valence-electron chi connectivity index (χ2n) is 3.31. The van der Waals surface area contributed by atoms with E-state index in [9.17, 15) is 4.79 Å². The van der Waals surface area contributed by atoms with Gasteiger partial charge in [-0.25, -0.2) is 0 Å². The van der Waals surface area contributed by atoms with Crippen LogP contribution in [0.15, 0.2) is 42.9 Å². The van der Waals surface area contributed by atoms with Crippen molar-refractivity contribution in [1.82, 2.24) is 9.97 Å².